The molecule has 0 saturated heterocycles. The van der Waals surface area contributed by atoms with Crippen LogP contribution >= 0.6 is 0 Å². The molecule has 0 bridgehead atoms. The van der Waals surface area contributed by atoms with E-state index in [0.29, 0.717) is 6.04 Å². The van der Waals surface area contributed by atoms with Crippen LogP contribution in [-0.2, 0) is 13.6 Å². The van der Waals surface area contributed by atoms with Crippen molar-refractivity contribution in [3.63, 3.8) is 0 Å². The first-order chi connectivity index (χ1) is 8.52. The van der Waals surface area contributed by atoms with Crippen molar-refractivity contribution >= 4 is 0 Å². The van der Waals surface area contributed by atoms with Crippen molar-refractivity contribution in [2.24, 2.45) is 7.05 Å². The largest absolute Gasteiger partial charge is 0.313 e. The third-order valence-electron chi connectivity index (χ3n) is 3.39. The van der Waals surface area contributed by atoms with Crippen LogP contribution in [0.5, 0.6) is 0 Å². The van der Waals surface area contributed by atoms with E-state index < -0.39 is 0 Å². The molecular formula is C13H21N5. The van der Waals surface area contributed by atoms with Crippen molar-refractivity contribution < 1.29 is 0 Å². The van der Waals surface area contributed by atoms with E-state index in [1.54, 1.807) is 0 Å². The second-order valence-corrected chi connectivity index (χ2v) is 4.77. The van der Waals surface area contributed by atoms with E-state index in [-0.39, 0.29) is 0 Å². The molecule has 0 aliphatic rings. The summed E-state index contributed by atoms with van der Waals surface area (Å²) in [6.45, 7) is 7.12. The van der Waals surface area contributed by atoms with Gasteiger partial charge in [0.05, 0.1) is 18.4 Å². The summed E-state index contributed by atoms with van der Waals surface area (Å²) in [4.78, 5) is 0. The summed E-state index contributed by atoms with van der Waals surface area (Å²) in [5.41, 5.74) is 4.78. The predicted octanol–water partition coefficient (Wildman–Crippen LogP) is 1.56. The van der Waals surface area contributed by atoms with E-state index in [1.807, 2.05) is 31.2 Å². The molecule has 1 atom stereocenters. The molecule has 0 spiro atoms. The number of aromatic nitrogens is 4. The summed E-state index contributed by atoms with van der Waals surface area (Å²) >= 11 is 0. The van der Waals surface area contributed by atoms with Gasteiger partial charge in [-0.2, -0.15) is 10.2 Å². The van der Waals surface area contributed by atoms with Crippen molar-refractivity contribution in [3.05, 3.63) is 34.9 Å². The lowest BCUT2D eigenvalue weighted by atomic mass is 10.1. The highest BCUT2D eigenvalue weighted by molar-refractivity contribution is 5.28. The van der Waals surface area contributed by atoms with E-state index >= 15 is 0 Å². The second kappa shape index (κ2) is 4.94. The van der Waals surface area contributed by atoms with E-state index in [0.717, 1.165) is 12.2 Å². The summed E-state index contributed by atoms with van der Waals surface area (Å²) in [5.74, 6) is 0. The predicted molar refractivity (Wildman–Crippen MR) is 71.5 cm³/mol. The Kier molecular flexibility index (Phi) is 3.52. The molecule has 18 heavy (non-hydrogen) atoms. The summed E-state index contributed by atoms with van der Waals surface area (Å²) in [7, 11) is 3.90. The van der Waals surface area contributed by atoms with Gasteiger partial charge in [-0.1, -0.05) is 0 Å². The molecule has 1 N–H and O–H groups in total. The molecular weight excluding hydrogens is 226 g/mol. The Morgan fingerprint density at radius 1 is 1.39 bits per heavy atom. The molecule has 0 aliphatic carbocycles. The average molecular weight is 247 g/mol. The van der Waals surface area contributed by atoms with Crippen LogP contribution in [0.15, 0.2) is 12.4 Å². The smallest absolute Gasteiger partial charge is 0.0693 e. The zero-order valence-electron chi connectivity index (χ0n) is 11.7. The van der Waals surface area contributed by atoms with Gasteiger partial charge in [-0.15, -0.1) is 0 Å². The highest BCUT2D eigenvalue weighted by atomic mass is 15.3. The molecule has 5 heteroatoms. The van der Waals surface area contributed by atoms with Crippen LogP contribution in [0.2, 0.25) is 0 Å². The summed E-state index contributed by atoms with van der Waals surface area (Å²) in [5, 5.41) is 12.1. The molecule has 2 rings (SSSR count). The molecule has 5 nitrogen and oxygen atoms in total. The Hall–Kier alpha value is -1.62. The zero-order chi connectivity index (χ0) is 13.3. The van der Waals surface area contributed by atoms with Crippen molar-refractivity contribution in [3.8, 4) is 0 Å². The maximum Gasteiger partial charge on any atom is 0.0693 e. The van der Waals surface area contributed by atoms with Crippen LogP contribution in [0.3, 0.4) is 0 Å². The number of nitrogens with one attached hydrogen (secondary N) is 1. The Morgan fingerprint density at radius 3 is 2.67 bits per heavy atom. The Bertz CT molecular complexity index is 538. The normalized spacial score (nSPS) is 12.9. The van der Waals surface area contributed by atoms with Crippen molar-refractivity contribution in [1.29, 1.82) is 0 Å². The first kappa shape index (κ1) is 12.8. The second-order valence-electron chi connectivity index (χ2n) is 4.77. The molecule has 0 aliphatic heterocycles. The topological polar surface area (TPSA) is 47.7 Å². The molecule has 1 unspecified atom stereocenters. The average Bonchev–Trinajstić information content (AvgIpc) is 2.84. The van der Waals surface area contributed by atoms with Crippen LogP contribution in [0.1, 0.15) is 35.5 Å². The molecule has 2 aromatic rings. The Labute approximate surface area is 108 Å². The van der Waals surface area contributed by atoms with Gasteiger partial charge in [0, 0.05) is 36.1 Å². The van der Waals surface area contributed by atoms with Gasteiger partial charge in [-0.3, -0.25) is 9.36 Å². The van der Waals surface area contributed by atoms with Crippen molar-refractivity contribution in [2.45, 2.75) is 33.4 Å². The van der Waals surface area contributed by atoms with E-state index in [4.69, 9.17) is 0 Å². The highest BCUT2D eigenvalue weighted by Gasteiger charge is 2.16. The molecule has 0 fully saturated rings. The van der Waals surface area contributed by atoms with Crippen LogP contribution in [-0.4, -0.2) is 26.6 Å². The first-order valence-corrected chi connectivity index (χ1v) is 6.21. The minimum Gasteiger partial charge on any atom is -0.313 e. The molecule has 0 radical (unpaired) electrons. The molecule has 0 aromatic carbocycles. The molecule has 2 heterocycles. The van der Waals surface area contributed by atoms with Gasteiger partial charge in [-0.25, -0.2) is 0 Å². The molecule has 2 aromatic heterocycles. The van der Waals surface area contributed by atoms with Crippen LogP contribution < -0.4 is 5.32 Å². The summed E-state index contributed by atoms with van der Waals surface area (Å²) in [6.07, 6.45) is 3.91. The quantitative estimate of drug-likeness (QED) is 0.892. The fourth-order valence-electron chi connectivity index (χ4n) is 2.36. The van der Waals surface area contributed by atoms with Crippen molar-refractivity contribution in [1.82, 2.24) is 24.9 Å². The number of hydrogen-bond donors (Lipinski definition) is 1. The third-order valence-corrected chi connectivity index (χ3v) is 3.39. The van der Waals surface area contributed by atoms with E-state index in [9.17, 15) is 0 Å². The molecule has 0 saturated carbocycles. The molecule has 98 valence electrons. The fraction of sp³-hybridized carbons (Fsp3) is 0.538. The number of hydrogen-bond acceptors (Lipinski definition) is 3. The Balaban J connectivity index is 2.29. The maximum absolute atomic E-state index is 4.62. The summed E-state index contributed by atoms with van der Waals surface area (Å²) < 4.78 is 3.87. The van der Waals surface area contributed by atoms with Gasteiger partial charge in [0.15, 0.2) is 0 Å². The fourth-order valence-corrected chi connectivity index (χ4v) is 2.36. The lowest BCUT2D eigenvalue weighted by Gasteiger charge is -2.11. The Morgan fingerprint density at radius 2 is 2.11 bits per heavy atom. The van der Waals surface area contributed by atoms with Crippen molar-refractivity contribution in [2.75, 3.05) is 7.05 Å². The van der Waals surface area contributed by atoms with Crippen LogP contribution in [0, 0.1) is 13.8 Å². The van der Waals surface area contributed by atoms with E-state index in [2.05, 4.69) is 41.0 Å². The SMILES string of the molecule is CNC(C)c1c(C)nn(Cc2cnn(C)c2)c1C. The monoisotopic (exact) mass is 247 g/mol. The van der Waals surface area contributed by atoms with Gasteiger partial charge in [0.1, 0.15) is 0 Å². The lowest BCUT2D eigenvalue weighted by molar-refractivity contribution is 0.632. The third kappa shape index (κ3) is 2.31. The number of rotatable bonds is 4. The van der Waals surface area contributed by atoms with Crippen LogP contribution in [0.4, 0.5) is 0 Å². The molecule has 0 amide bonds. The first-order valence-electron chi connectivity index (χ1n) is 6.21. The maximum atomic E-state index is 4.62. The van der Waals surface area contributed by atoms with Crippen LogP contribution in [0.25, 0.3) is 0 Å². The number of nitrogens with zero attached hydrogens (tertiary/aromatic N) is 4. The number of aryl methyl sites for hydroxylation is 2. The van der Waals surface area contributed by atoms with Gasteiger partial charge in [0.2, 0.25) is 0 Å². The van der Waals surface area contributed by atoms with Gasteiger partial charge < -0.3 is 5.32 Å². The standard InChI is InChI=1S/C13H21N5/c1-9(14-4)13-10(2)16-18(11(13)3)8-12-6-15-17(5)7-12/h6-7,9,14H,8H2,1-5H3. The minimum atomic E-state index is 0.327. The minimum absolute atomic E-state index is 0.327. The van der Waals surface area contributed by atoms with E-state index in [1.165, 1.54) is 16.8 Å². The van der Waals surface area contributed by atoms with Gasteiger partial charge in [-0.05, 0) is 27.8 Å². The van der Waals surface area contributed by atoms with Gasteiger partial charge >= 0.3 is 0 Å². The lowest BCUT2D eigenvalue weighted by Crippen LogP contribution is -2.14. The zero-order valence-corrected chi connectivity index (χ0v) is 11.7. The summed E-state index contributed by atoms with van der Waals surface area (Å²) in [6, 6.07) is 0.327. The van der Waals surface area contributed by atoms with Gasteiger partial charge in [0.25, 0.3) is 0 Å². The highest BCUT2D eigenvalue weighted by Crippen LogP contribution is 2.21.